The van der Waals surface area contributed by atoms with Gasteiger partial charge in [-0.15, -0.1) is 0 Å². The average Bonchev–Trinajstić information content (AvgIpc) is 3.11. The van der Waals surface area contributed by atoms with Crippen LogP contribution in [-0.4, -0.2) is 21.6 Å². The number of nitrogens with one attached hydrogen (secondary N) is 1. The Balaban J connectivity index is 1.79. The Morgan fingerprint density at radius 2 is 1.72 bits per heavy atom. The zero-order valence-electron chi connectivity index (χ0n) is 13.1. The number of benzene rings is 2. The molecule has 0 spiro atoms. The van der Waals surface area contributed by atoms with Gasteiger partial charge in [0.1, 0.15) is 11.9 Å². The average molecular weight is 338 g/mol. The van der Waals surface area contributed by atoms with Gasteiger partial charge in [0.25, 0.3) is 5.91 Å². The minimum absolute atomic E-state index is 0.117. The monoisotopic (exact) mass is 338 g/mol. The van der Waals surface area contributed by atoms with E-state index in [4.69, 9.17) is 5.73 Å². The molecule has 2 amide bonds. The molecular weight excluding hydrogens is 323 g/mol. The Morgan fingerprint density at radius 3 is 2.36 bits per heavy atom. The van der Waals surface area contributed by atoms with Gasteiger partial charge >= 0.3 is 0 Å². The molecule has 0 aliphatic rings. The number of primary amides is 1. The highest BCUT2D eigenvalue weighted by Gasteiger charge is 2.22. The Morgan fingerprint density at radius 1 is 1.04 bits per heavy atom. The molecule has 1 heterocycles. The van der Waals surface area contributed by atoms with E-state index in [9.17, 15) is 14.0 Å². The predicted molar refractivity (Wildman–Crippen MR) is 89.4 cm³/mol. The van der Waals surface area contributed by atoms with Gasteiger partial charge in [0.05, 0.1) is 5.69 Å². The van der Waals surface area contributed by atoms with Crippen LogP contribution in [0.25, 0.3) is 5.69 Å². The Kier molecular flexibility index (Phi) is 4.56. The van der Waals surface area contributed by atoms with Crippen molar-refractivity contribution in [2.75, 3.05) is 0 Å². The third-order valence-corrected chi connectivity index (χ3v) is 3.61. The van der Waals surface area contributed by atoms with Gasteiger partial charge in [-0.05, 0) is 35.9 Å². The molecule has 0 fully saturated rings. The number of hydrogen-bond donors (Lipinski definition) is 2. The summed E-state index contributed by atoms with van der Waals surface area (Å²) in [5.41, 5.74) is 6.70. The Bertz CT molecular complexity index is 891. The van der Waals surface area contributed by atoms with Crippen molar-refractivity contribution in [3.63, 3.8) is 0 Å². The van der Waals surface area contributed by atoms with Crippen molar-refractivity contribution in [2.24, 2.45) is 5.73 Å². The molecule has 2 aromatic carbocycles. The molecular formula is C18H15FN4O2. The van der Waals surface area contributed by atoms with E-state index in [0.29, 0.717) is 11.3 Å². The molecule has 6 nitrogen and oxygen atoms in total. The molecule has 3 N–H and O–H groups in total. The number of carbonyl (C=O) groups excluding carboxylic acids is 2. The summed E-state index contributed by atoms with van der Waals surface area (Å²) >= 11 is 0. The zero-order chi connectivity index (χ0) is 17.8. The van der Waals surface area contributed by atoms with Gasteiger partial charge in [-0.1, -0.05) is 30.3 Å². The van der Waals surface area contributed by atoms with Crippen molar-refractivity contribution < 1.29 is 14.0 Å². The van der Waals surface area contributed by atoms with Crippen LogP contribution in [0.15, 0.2) is 66.9 Å². The van der Waals surface area contributed by atoms with Gasteiger partial charge in [-0.2, -0.15) is 5.10 Å². The molecule has 1 aromatic heterocycles. The van der Waals surface area contributed by atoms with E-state index in [1.54, 1.807) is 48.7 Å². The highest BCUT2D eigenvalue weighted by molar-refractivity contribution is 5.96. The largest absolute Gasteiger partial charge is 0.368 e. The lowest BCUT2D eigenvalue weighted by atomic mass is 10.1. The van der Waals surface area contributed by atoms with Crippen LogP contribution in [0.5, 0.6) is 0 Å². The molecule has 0 radical (unpaired) electrons. The molecule has 1 atom stereocenters. The summed E-state index contributed by atoms with van der Waals surface area (Å²) in [6, 6.07) is 14.9. The van der Waals surface area contributed by atoms with Crippen LogP contribution >= 0.6 is 0 Å². The van der Waals surface area contributed by atoms with Crippen LogP contribution < -0.4 is 11.1 Å². The second-order valence-electron chi connectivity index (χ2n) is 5.34. The summed E-state index contributed by atoms with van der Waals surface area (Å²) in [4.78, 5) is 24.0. The lowest BCUT2D eigenvalue weighted by molar-refractivity contribution is -0.120. The molecule has 3 rings (SSSR count). The number of nitrogens with zero attached hydrogens (tertiary/aromatic N) is 2. The molecule has 25 heavy (non-hydrogen) atoms. The van der Waals surface area contributed by atoms with Crippen molar-refractivity contribution in [3.05, 3.63) is 83.9 Å². The van der Waals surface area contributed by atoms with Crippen molar-refractivity contribution in [1.29, 1.82) is 0 Å². The SMILES string of the molecule is NC(=O)C(NC(=O)c1ccn(-c2ccc(F)cc2)n1)c1ccccc1. The van der Waals surface area contributed by atoms with Gasteiger partial charge in [0, 0.05) is 6.20 Å². The summed E-state index contributed by atoms with van der Waals surface area (Å²) in [6.45, 7) is 0. The maximum atomic E-state index is 13.0. The summed E-state index contributed by atoms with van der Waals surface area (Å²) in [5.74, 6) is -1.56. The van der Waals surface area contributed by atoms with E-state index in [2.05, 4.69) is 10.4 Å². The lowest BCUT2D eigenvalue weighted by Crippen LogP contribution is -2.37. The predicted octanol–water partition coefficient (Wildman–Crippen LogP) is 1.97. The van der Waals surface area contributed by atoms with Crippen LogP contribution in [0.4, 0.5) is 4.39 Å². The van der Waals surface area contributed by atoms with Gasteiger partial charge in [0.15, 0.2) is 5.69 Å². The molecule has 3 aromatic rings. The minimum atomic E-state index is -0.954. The molecule has 0 bridgehead atoms. The number of carbonyl (C=O) groups is 2. The van der Waals surface area contributed by atoms with E-state index in [-0.39, 0.29) is 11.5 Å². The number of hydrogen-bond acceptors (Lipinski definition) is 3. The van der Waals surface area contributed by atoms with Crippen LogP contribution in [0.2, 0.25) is 0 Å². The Hall–Kier alpha value is -3.48. The van der Waals surface area contributed by atoms with Gasteiger partial charge < -0.3 is 11.1 Å². The molecule has 0 aliphatic heterocycles. The van der Waals surface area contributed by atoms with E-state index in [1.165, 1.54) is 22.9 Å². The zero-order valence-corrected chi connectivity index (χ0v) is 13.1. The highest BCUT2D eigenvalue weighted by atomic mass is 19.1. The first-order valence-corrected chi connectivity index (χ1v) is 7.51. The van der Waals surface area contributed by atoms with Crippen molar-refractivity contribution in [2.45, 2.75) is 6.04 Å². The van der Waals surface area contributed by atoms with E-state index in [0.717, 1.165) is 0 Å². The summed E-state index contributed by atoms with van der Waals surface area (Å²) in [6.07, 6.45) is 1.57. The molecule has 7 heteroatoms. The first-order chi connectivity index (χ1) is 12.0. The minimum Gasteiger partial charge on any atom is -0.368 e. The first-order valence-electron chi connectivity index (χ1n) is 7.51. The summed E-state index contributed by atoms with van der Waals surface area (Å²) in [5, 5.41) is 6.72. The van der Waals surface area contributed by atoms with Crippen LogP contribution in [-0.2, 0) is 4.79 Å². The van der Waals surface area contributed by atoms with Crippen LogP contribution in [0.3, 0.4) is 0 Å². The number of amides is 2. The molecule has 1 unspecified atom stereocenters. The molecule has 0 aliphatic carbocycles. The van der Waals surface area contributed by atoms with Crippen molar-refractivity contribution >= 4 is 11.8 Å². The number of rotatable bonds is 5. The normalized spacial score (nSPS) is 11.7. The topological polar surface area (TPSA) is 90.0 Å². The highest BCUT2D eigenvalue weighted by Crippen LogP contribution is 2.14. The van der Waals surface area contributed by atoms with E-state index in [1.807, 2.05) is 0 Å². The van der Waals surface area contributed by atoms with Gasteiger partial charge in [0.2, 0.25) is 5.91 Å². The second kappa shape index (κ2) is 6.96. The lowest BCUT2D eigenvalue weighted by Gasteiger charge is -2.14. The number of aromatic nitrogens is 2. The van der Waals surface area contributed by atoms with E-state index < -0.39 is 17.9 Å². The van der Waals surface area contributed by atoms with Crippen molar-refractivity contribution in [3.8, 4) is 5.69 Å². The smallest absolute Gasteiger partial charge is 0.272 e. The number of nitrogens with two attached hydrogens (primary N) is 1. The Labute approximate surface area is 143 Å². The van der Waals surface area contributed by atoms with Crippen LogP contribution in [0.1, 0.15) is 22.1 Å². The maximum absolute atomic E-state index is 13.0. The van der Waals surface area contributed by atoms with Gasteiger partial charge in [-0.3, -0.25) is 9.59 Å². The number of halogens is 1. The van der Waals surface area contributed by atoms with Crippen LogP contribution in [0, 0.1) is 5.82 Å². The standard InChI is InChI=1S/C18H15FN4O2/c19-13-6-8-14(9-7-13)23-11-10-15(22-23)18(25)21-16(17(20)24)12-4-2-1-3-5-12/h1-11,16H,(H2,20,24)(H,21,25). The quantitative estimate of drug-likeness (QED) is 0.745. The molecule has 0 saturated heterocycles. The van der Waals surface area contributed by atoms with Crippen molar-refractivity contribution in [1.82, 2.24) is 15.1 Å². The molecule has 126 valence electrons. The fourth-order valence-corrected chi connectivity index (χ4v) is 2.35. The second-order valence-corrected chi connectivity index (χ2v) is 5.34. The third-order valence-electron chi connectivity index (χ3n) is 3.61. The summed E-state index contributed by atoms with van der Waals surface area (Å²) < 4.78 is 14.4. The third kappa shape index (κ3) is 3.72. The summed E-state index contributed by atoms with van der Waals surface area (Å²) in [7, 11) is 0. The van der Waals surface area contributed by atoms with Gasteiger partial charge in [-0.25, -0.2) is 9.07 Å². The molecule has 0 saturated carbocycles. The first kappa shape index (κ1) is 16.4. The fraction of sp³-hybridized carbons (Fsp3) is 0.0556. The maximum Gasteiger partial charge on any atom is 0.272 e. The fourth-order valence-electron chi connectivity index (χ4n) is 2.35. The van der Waals surface area contributed by atoms with E-state index >= 15 is 0 Å².